The molecule has 174 valence electrons. The number of unbranched alkanes of at least 4 members (excludes halogenated alkanes) is 13. The van der Waals surface area contributed by atoms with Crippen molar-refractivity contribution in [2.75, 3.05) is 27.2 Å². The summed E-state index contributed by atoms with van der Waals surface area (Å²) in [5.41, 5.74) is 0. The molecule has 0 aliphatic rings. The highest BCUT2D eigenvalue weighted by atomic mass is 31.2. The minimum absolute atomic E-state index is 0.00808. The molecule has 0 N–H and O–H groups in total. The molecule has 0 aromatic rings. The van der Waals surface area contributed by atoms with Gasteiger partial charge >= 0.3 is 7.82 Å². The summed E-state index contributed by atoms with van der Waals surface area (Å²) in [5.74, 6) is 0. The van der Waals surface area contributed by atoms with Crippen LogP contribution in [0.25, 0.3) is 0 Å². The minimum atomic E-state index is -4.19. The Morgan fingerprint density at radius 2 is 1.21 bits per heavy atom. The molecular formula is C23H48NO4P. The van der Waals surface area contributed by atoms with E-state index in [0.29, 0.717) is 6.54 Å². The van der Waals surface area contributed by atoms with Crippen LogP contribution in [-0.4, -0.2) is 31.9 Å². The van der Waals surface area contributed by atoms with Crippen LogP contribution in [0, 0.1) is 0 Å². The van der Waals surface area contributed by atoms with E-state index in [2.05, 4.69) is 23.6 Å². The Labute approximate surface area is 181 Å². The number of allylic oxidation sites excluding steroid dienone is 2. The number of hydrogen-bond donors (Lipinski definition) is 0. The molecular weight excluding hydrogens is 385 g/mol. The maximum Gasteiger partial charge on any atom is 0.325 e. The van der Waals surface area contributed by atoms with Gasteiger partial charge in [0.2, 0.25) is 0 Å². The number of nitrogens with zero attached hydrogens (tertiary/aromatic N) is 1. The average Bonchev–Trinajstić information content (AvgIpc) is 2.63. The van der Waals surface area contributed by atoms with Crippen molar-refractivity contribution in [1.82, 2.24) is 0 Å². The van der Waals surface area contributed by atoms with Gasteiger partial charge in [0.15, 0.2) is 0 Å². The van der Waals surface area contributed by atoms with E-state index in [4.69, 9.17) is 4.62 Å². The summed E-state index contributed by atoms with van der Waals surface area (Å²) in [4.78, 5) is 11.6. The Hall–Kier alpha value is -0.190. The normalized spacial score (nSPS) is 14.5. The van der Waals surface area contributed by atoms with E-state index in [-0.39, 0.29) is 11.3 Å². The fraction of sp³-hybridized carbons (Fsp3) is 0.913. The lowest BCUT2D eigenvalue weighted by atomic mass is 10.1. The summed E-state index contributed by atoms with van der Waals surface area (Å²) >= 11 is 0. The monoisotopic (exact) mass is 433 g/mol. The fourth-order valence-electron chi connectivity index (χ4n) is 3.41. The van der Waals surface area contributed by atoms with Crippen LogP contribution in [0.4, 0.5) is 0 Å². The number of hydrogen-bond acceptors (Lipinski definition) is 4. The van der Waals surface area contributed by atoms with Crippen molar-refractivity contribution in [2.24, 2.45) is 0 Å². The maximum absolute atomic E-state index is 11.6. The van der Waals surface area contributed by atoms with Gasteiger partial charge in [-0.2, -0.15) is 4.65 Å². The van der Waals surface area contributed by atoms with Gasteiger partial charge < -0.3 is 9.42 Å². The van der Waals surface area contributed by atoms with Gasteiger partial charge in [-0.3, -0.25) is 4.57 Å². The highest BCUT2D eigenvalue weighted by molar-refractivity contribution is 7.45. The molecule has 0 aliphatic carbocycles. The molecule has 5 nitrogen and oxygen atoms in total. The van der Waals surface area contributed by atoms with Crippen LogP contribution in [0.1, 0.15) is 110 Å². The SMILES string of the molecule is CCCCCCCC/C=C/CCCCCCCCC[N+](C)(C)OP(=O)([O-])OCC. The first-order valence-electron chi connectivity index (χ1n) is 12.0. The second-order valence-corrected chi connectivity index (χ2v) is 9.85. The van der Waals surface area contributed by atoms with E-state index >= 15 is 0 Å². The lowest BCUT2D eigenvalue weighted by molar-refractivity contribution is -1.05. The maximum atomic E-state index is 11.6. The van der Waals surface area contributed by atoms with Gasteiger partial charge in [-0.25, -0.2) is 0 Å². The summed E-state index contributed by atoms with van der Waals surface area (Å²) in [6, 6.07) is 0. The van der Waals surface area contributed by atoms with Gasteiger partial charge in [-0.1, -0.05) is 76.9 Å². The first-order chi connectivity index (χ1) is 13.8. The smallest absolute Gasteiger partial charge is 0.325 e. The Bertz CT molecular complexity index is 441. The third kappa shape index (κ3) is 20.8. The topological polar surface area (TPSA) is 58.6 Å². The van der Waals surface area contributed by atoms with Crippen LogP contribution in [0.5, 0.6) is 0 Å². The molecule has 0 saturated heterocycles. The predicted molar refractivity (Wildman–Crippen MR) is 121 cm³/mol. The van der Waals surface area contributed by atoms with Crippen LogP contribution in [0.3, 0.4) is 0 Å². The van der Waals surface area contributed by atoms with Gasteiger partial charge in [-0.15, -0.1) is 4.62 Å². The molecule has 0 radical (unpaired) electrons. The first-order valence-corrected chi connectivity index (χ1v) is 13.4. The van der Waals surface area contributed by atoms with Gasteiger partial charge in [0.25, 0.3) is 0 Å². The van der Waals surface area contributed by atoms with Crippen LogP contribution in [0.2, 0.25) is 0 Å². The zero-order chi connectivity index (χ0) is 21.8. The van der Waals surface area contributed by atoms with Crippen molar-refractivity contribution in [3.63, 3.8) is 0 Å². The summed E-state index contributed by atoms with van der Waals surface area (Å²) in [6.45, 7) is 4.68. The molecule has 0 rings (SSSR count). The highest BCUT2D eigenvalue weighted by Crippen LogP contribution is 2.40. The van der Waals surface area contributed by atoms with Crippen molar-refractivity contribution < 1.29 is 23.3 Å². The standard InChI is InChI=1S/C23H48NO4P/c1-5-7-8-9-10-11-12-13-14-15-16-17-18-19-20-21-22-23-24(3,4)28-29(25,26)27-6-2/h13-14H,5-12,15-23H2,1-4H3/b14-13+. The van der Waals surface area contributed by atoms with Gasteiger partial charge in [-0.05, 0) is 45.4 Å². The molecule has 6 heteroatoms. The lowest BCUT2D eigenvalue weighted by Gasteiger charge is -2.32. The van der Waals surface area contributed by atoms with Crippen LogP contribution < -0.4 is 4.89 Å². The van der Waals surface area contributed by atoms with Gasteiger partial charge in [0, 0.05) is 0 Å². The van der Waals surface area contributed by atoms with Crippen molar-refractivity contribution in [3.8, 4) is 0 Å². The van der Waals surface area contributed by atoms with Crippen LogP contribution >= 0.6 is 7.82 Å². The molecule has 0 bridgehead atoms. The van der Waals surface area contributed by atoms with Gasteiger partial charge in [0.05, 0.1) is 20.7 Å². The molecule has 0 amide bonds. The summed E-state index contributed by atoms with van der Waals surface area (Å²) in [7, 11) is -0.683. The summed E-state index contributed by atoms with van der Waals surface area (Å²) in [6.07, 6.45) is 23.9. The molecule has 1 atom stereocenters. The Kier molecular flexibility index (Phi) is 18.4. The predicted octanol–water partition coefficient (Wildman–Crippen LogP) is 6.93. The summed E-state index contributed by atoms with van der Waals surface area (Å²) < 4.78 is 21.3. The molecule has 29 heavy (non-hydrogen) atoms. The molecule has 0 aliphatic heterocycles. The third-order valence-electron chi connectivity index (χ3n) is 5.07. The largest absolute Gasteiger partial charge is 0.752 e. The average molecular weight is 434 g/mol. The highest BCUT2D eigenvalue weighted by Gasteiger charge is 2.24. The second-order valence-electron chi connectivity index (χ2n) is 8.54. The molecule has 0 spiro atoms. The van der Waals surface area contributed by atoms with Crippen molar-refractivity contribution in [2.45, 2.75) is 110 Å². The molecule has 1 unspecified atom stereocenters. The summed E-state index contributed by atoms with van der Waals surface area (Å²) in [5, 5.41) is 0. The zero-order valence-electron chi connectivity index (χ0n) is 19.7. The Morgan fingerprint density at radius 3 is 1.69 bits per heavy atom. The van der Waals surface area contributed by atoms with E-state index in [9.17, 15) is 9.46 Å². The second kappa shape index (κ2) is 18.6. The van der Waals surface area contributed by atoms with Crippen LogP contribution in [-0.2, 0) is 13.7 Å². The van der Waals surface area contributed by atoms with E-state index < -0.39 is 7.82 Å². The molecule has 0 aromatic carbocycles. The number of phosphoric ester groups is 1. The van der Waals surface area contributed by atoms with E-state index in [1.807, 2.05) is 0 Å². The zero-order valence-corrected chi connectivity index (χ0v) is 20.6. The number of quaternary nitrogens is 1. The third-order valence-corrected chi connectivity index (χ3v) is 6.28. The van der Waals surface area contributed by atoms with Crippen molar-refractivity contribution >= 4 is 7.82 Å². The molecule has 0 heterocycles. The number of phosphoric acid groups is 1. The minimum Gasteiger partial charge on any atom is -0.752 e. The van der Waals surface area contributed by atoms with E-state index in [1.54, 1.807) is 21.0 Å². The lowest BCUT2D eigenvalue weighted by Crippen LogP contribution is -2.40. The number of hydroxylamine groups is 3. The fourth-order valence-corrected chi connectivity index (χ4v) is 4.40. The first kappa shape index (κ1) is 28.8. The quantitative estimate of drug-likeness (QED) is 0.0647. The van der Waals surface area contributed by atoms with E-state index in [0.717, 1.165) is 12.8 Å². The Balaban J connectivity index is 3.44. The Morgan fingerprint density at radius 1 is 0.759 bits per heavy atom. The molecule has 0 aromatic heterocycles. The van der Waals surface area contributed by atoms with Crippen molar-refractivity contribution in [3.05, 3.63) is 12.2 Å². The van der Waals surface area contributed by atoms with E-state index in [1.165, 1.54) is 83.5 Å². The van der Waals surface area contributed by atoms with Crippen LogP contribution in [0.15, 0.2) is 12.2 Å². The van der Waals surface area contributed by atoms with Gasteiger partial charge in [0.1, 0.15) is 6.54 Å². The molecule has 0 fully saturated rings. The molecule has 0 saturated carbocycles. The van der Waals surface area contributed by atoms with Crippen molar-refractivity contribution in [1.29, 1.82) is 0 Å². The number of rotatable bonds is 21.